The van der Waals surface area contributed by atoms with Crippen LogP contribution in [0.15, 0.2) is 18.5 Å². The van der Waals surface area contributed by atoms with Gasteiger partial charge in [0.1, 0.15) is 0 Å². The molecule has 0 atom stereocenters. The maximum atomic E-state index is 11.9. The minimum atomic E-state index is -0.176. The number of amides is 1. The van der Waals surface area contributed by atoms with Gasteiger partial charge in [-0.05, 0) is 26.8 Å². The SMILES string of the molecule is CCn1ncc(/C=C/C(=O)Nc2cn(C)nc2C)c1C. The topological polar surface area (TPSA) is 64.7 Å². The average Bonchev–Trinajstić information content (AvgIpc) is 2.90. The second-order valence-electron chi connectivity index (χ2n) is 4.63. The summed E-state index contributed by atoms with van der Waals surface area (Å²) in [5, 5.41) is 11.2. The molecule has 2 aromatic rings. The van der Waals surface area contributed by atoms with E-state index in [-0.39, 0.29) is 5.91 Å². The molecule has 1 amide bonds. The van der Waals surface area contributed by atoms with Crippen molar-refractivity contribution in [1.82, 2.24) is 19.6 Å². The molecule has 1 N–H and O–H groups in total. The summed E-state index contributed by atoms with van der Waals surface area (Å²) in [5.41, 5.74) is 3.52. The Hall–Kier alpha value is -2.37. The Balaban J connectivity index is 2.05. The van der Waals surface area contributed by atoms with Crippen LogP contribution in [-0.2, 0) is 18.4 Å². The molecule has 20 heavy (non-hydrogen) atoms. The monoisotopic (exact) mass is 273 g/mol. The molecule has 0 radical (unpaired) electrons. The Labute approximate surface area is 118 Å². The minimum absolute atomic E-state index is 0.176. The van der Waals surface area contributed by atoms with Gasteiger partial charge >= 0.3 is 0 Å². The number of carbonyl (C=O) groups excluding carboxylic acids is 1. The van der Waals surface area contributed by atoms with Crippen molar-refractivity contribution < 1.29 is 4.79 Å². The Morgan fingerprint density at radius 1 is 1.45 bits per heavy atom. The molecule has 0 unspecified atom stereocenters. The molecule has 2 aromatic heterocycles. The first-order chi connectivity index (χ1) is 9.51. The summed E-state index contributed by atoms with van der Waals surface area (Å²) in [6, 6.07) is 0. The van der Waals surface area contributed by atoms with E-state index in [9.17, 15) is 4.79 Å². The number of hydrogen-bond donors (Lipinski definition) is 1. The van der Waals surface area contributed by atoms with Gasteiger partial charge in [-0.25, -0.2) is 0 Å². The van der Waals surface area contributed by atoms with Gasteiger partial charge in [0.15, 0.2) is 0 Å². The van der Waals surface area contributed by atoms with E-state index in [4.69, 9.17) is 0 Å². The number of hydrogen-bond acceptors (Lipinski definition) is 3. The predicted octanol–water partition coefficient (Wildman–Crippen LogP) is 1.91. The standard InChI is InChI=1S/C14H19N5O/c1-5-19-11(3)12(8-15-19)6-7-14(20)16-13-9-18(4)17-10(13)2/h6-9H,5H2,1-4H3,(H,16,20)/b7-6+. The summed E-state index contributed by atoms with van der Waals surface area (Å²) < 4.78 is 3.56. The molecule has 0 aromatic carbocycles. The summed E-state index contributed by atoms with van der Waals surface area (Å²) >= 11 is 0. The van der Waals surface area contributed by atoms with Crippen LogP contribution in [0.5, 0.6) is 0 Å². The average molecular weight is 273 g/mol. The number of anilines is 1. The number of aromatic nitrogens is 4. The minimum Gasteiger partial charge on any atom is -0.320 e. The van der Waals surface area contributed by atoms with Crippen molar-refractivity contribution in [2.75, 3.05) is 5.32 Å². The molecule has 0 bridgehead atoms. The second kappa shape index (κ2) is 5.73. The fourth-order valence-corrected chi connectivity index (χ4v) is 2.01. The lowest BCUT2D eigenvalue weighted by Gasteiger charge is -1.99. The van der Waals surface area contributed by atoms with Gasteiger partial charge < -0.3 is 5.32 Å². The molecule has 0 fully saturated rings. The number of nitrogens with zero attached hydrogens (tertiary/aromatic N) is 4. The van der Waals surface area contributed by atoms with Gasteiger partial charge in [-0.2, -0.15) is 10.2 Å². The quantitative estimate of drug-likeness (QED) is 0.865. The highest BCUT2D eigenvalue weighted by Crippen LogP contribution is 2.12. The molecule has 2 heterocycles. The van der Waals surface area contributed by atoms with Crippen LogP contribution in [0.2, 0.25) is 0 Å². The van der Waals surface area contributed by atoms with E-state index >= 15 is 0 Å². The van der Waals surface area contributed by atoms with Crippen molar-refractivity contribution in [3.63, 3.8) is 0 Å². The first kappa shape index (κ1) is 14.0. The molecule has 0 saturated heterocycles. The van der Waals surface area contributed by atoms with Gasteiger partial charge in [0, 0.05) is 37.1 Å². The smallest absolute Gasteiger partial charge is 0.248 e. The van der Waals surface area contributed by atoms with Crippen LogP contribution in [0.4, 0.5) is 5.69 Å². The number of nitrogens with one attached hydrogen (secondary N) is 1. The zero-order valence-electron chi connectivity index (χ0n) is 12.2. The Kier molecular flexibility index (Phi) is 4.02. The molecule has 106 valence electrons. The van der Waals surface area contributed by atoms with Gasteiger partial charge in [-0.15, -0.1) is 0 Å². The van der Waals surface area contributed by atoms with Crippen molar-refractivity contribution in [2.45, 2.75) is 27.3 Å². The maximum Gasteiger partial charge on any atom is 0.248 e. The molecule has 0 aliphatic carbocycles. The molecule has 6 nitrogen and oxygen atoms in total. The molecule has 6 heteroatoms. The summed E-state index contributed by atoms with van der Waals surface area (Å²) in [5.74, 6) is -0.176. The van der Waals surface area contributed by atoms with Gasteiger partial charge in [0.25, 0.3) is 0 Å². The number of rotatable bonds is 4. The highest BCUT2D eigenvalue weighted by Gasteiger charge is 2.06. The normalized spacial score (nSPS) is 11.2. The largest absolute Gasteiger partial charge is 0.320 e. The summed E-state index contributed by atoms with van der Waals surface area (Å²) in [6.07, 6.45) is 6.82. The molecule has 0 saturated carbocycles. The molecule has 0 aliphatic heterocycles. The van der Waals surface area contributed by atoms with E-state index < -0.39 is 0 Å². The van der Waals surface area contributed by atoms with E-state index in [2.05, 4.69) is 15.5 Å². The van der Waals surface area contributed by atoms with Gasteiger partial charge in [0.2, 0.25) is 5.91 Å². The van der Waals surface area contributed by atoms with Crippen molar-refractivity contribution in [2.24, 2.45) is 7.05 Å². The maximum absolute atomic E-state index is 11.9. The van der Waals surface area contributed by atoms with Crippen LogP contribution in [-0.4, -0.2) is 25.5 Å². The summed E-state index contributed by atoms with van der Waals surface area (Å²) in [6.45, 7) is 6.69. The molecule has 2 rings (SSSR count). The highest BCUT2D eigenvalue weighted by atomic mass is 16.1. The van der Waals surface area contributed by atoms with E-state index in [1.807, 2.05) is 32.5 Å². The third-order valence-corrected chi connectivity index (χ3v) is 3.13. The van der Waals surface area contributed by atoms with Crippen molar-refractivity contribution in [1.29, 1.82) is 0 Å². The van der Waals surface area contributed by atoms with Crippen LogP contribution in [0, 0.1) is 13.8 Å². The van der Waals surface area contributed by atoms with Crippen LogP contribution in [0.3, 0.4) is 0 Å². The first-order valence-electron chi connectivity index (χ1n) is 6.53. The summed E-state index contributed by atoms with van der Waals surface area (Å²) in [7, 11) is 1.82. The zero-order valence-corrected chi connectivity index (χ0v) is 12.2. The lowest BCUT2D eigenvalue weighted by atomic mass is 10.2. The zero-order chi connectivity index (χ0) is 14.7. The highest BCUT2D eigenvalue weighted by molar-refractivity contribution is 6.02. The number of aryl methyl sites for hydroxylation is 3. The van der Waals surface area contributed by atoms with E-state index in [0.29, 0.717) is 0 Å². The third-order valence-electron chi connectivity index (χ3n) is 3.13. The van der Waals surface area contributed by atoms with Gasteiger partial charge in [0.05, 0.1) is 17.6 Å². The van der Waals surface area contributed by atoms with E-state index in [0.717, 1.165) is 29.2 Å². The fraction of sp³-hybridized carbons (Fsp3) is 0.357. The molecule has 0 spiro atoms. The Morgan fingerprint density at radius 2 is 2.20 bits per heavy atom. The number of carbonyl (C=O) groups is 1. The lowest BCUT2D eigenvalue weighted by molar-refractivity contribution is -0.111. The van der Waals surface area contributed by atoms with Crippen LogP contribution in [0.1, 0.15) is 23.9 Å². The van der Waals surface area contributed by atoms with Crippen molar-refractivity contribution in [3.05, 3.63) is 35.4 Å². The Morgan fingerprint density at radius 3 is 2.75 bits per heavy atom. The second-order valence-corrected chi connectivity index (χ2v) is 4.63. The first-order valence-corrected chi connectivity index (χ1v) is 6.53. The van der Waals surface area contributed by atoms with Crippen LogP contribution in [0.25, 0.3) is 6.08 Å². The summed E-state index contributed by atoms with van der Waals surface area (Å²) in [4.78, 5) is 11.9. The molecular weight excluding hydrogens is 254 g/mol. The van der Waals surface area contributed by atoms with Crippen molar-refractivity contribution >= 4 is 17.7 Å². The lowest BCUT2D eigenvalue weighted by Crippen LogP contribution is -2.08. The predicted molar refractivity (Wildman–Crippen MR) is 78.2 cm³/mol. The van der Waals surface area contributed by atoms with Crippen LogP contribution < -0.4 is 5.32 Å². The fourth-order valence-electron chi connectivity index (χ4n) is 2.01. The van der Waals surface area contributed by atoms with Gasteiger partial charge in [-0.3, -0.25) is 14.2 Å². The third kappa shape index (κ3) is 2.96. The van der Waals surface area contributed by atoms with Crippen molar-refractivity contribution in [3.8, 4) is 0 Å². The van der Waals surface area contributed by atoms with E-state index in [1.54, 1.807) is 23.2 Å². The van der Waals surface area contributed by atoms with Gasteiger partial charge in [-0.1, -0.05) is 0 Å². The Bertz CT molecular complexity index is 651. The van der Waals surface area contributed by atoms with Crippen LogP contribution >= 0.6 is 0 Å². The molecule has 0 aliphatic rings. The van der Waals surface area contributed by atoms with E-state index in [1.165, 1.54) is 6.08 Å². The molecular formula is C14H19N5O.